The summed E-state index contributed by atoms with van der Waals surface area (Å²) in [6.07, 6.45) is 5.40. The van der Waals surface area contributed by atoms with Crippen molar-refractivity contribution in [2.75, 3.05) is 19.0 Å². The summed E-state index contributed by atoms with van der Waals surface area (Å²) in [6.45, 7) is 2.06. The van der Waals surface area contributed by atoms with Crippen molar-refractivity contribution in [1.29, 1.82) is 0 Å². The molecule has 1 aliphatic carbocycles. The van der Waals surface area contributed by atoms with Gasteiger partial charge in [0.1, 0.15) is 10.8 Å². The van der Waals surface area contributed by atoms with E-state index < -0.39 is 12.0 Å². The van der Waals surface area contributed by atoms with Gasteiger partial charge in [-0.3, -0.25) is 5.32 Å². The van der Waals surface area contributed by atoms with Crippen LogP contribution in [0.15, 0.2) is 29.4 Å². The summed E-state index contributed by atoms with van der Waals surface area (Å²) in [5.74, 6) is 0.314. The van der Waals surface area contributed by atoms with Gasteiger partial charge < -0.3 is 9.47 Å². The van der Waals surface area contributed by atoms with Crippen LogP contribution in [0.2, 0.25) is 0 Å². The molecule has 0 unspecified atom stereocenters. The first kappa shape index (κ1) is 19.9. The first-order valence-corrected chi connectivity index (χ1v) is 9.99. The Bertz CT molecular complexity index is 892. The first-order chi connectivity index (χ1) is 13.6. The zero-order valence-electron chi connectivity index (χ0n) is 15.9. The monoisotopic (exact) mass is 401 g/mol. The molecule has 1 aliphatic rings. The Labute approximate surface area is 167 Å². The van der Waals surface area contributed by atoms with E-state index in [0.717, 1.165) is 41.7 Å². The number of carbonyl (C=O) groups is 2. The van der Waals surface area contributed by atoms with Crippen LogP contribution in [0.3, 0.4) is 0 Å². The number of thiophene rings is 1. The second-order valence-corrected chi connectivity index (χ2v) is 7.34. The summed E-state index contributed by atoms with van der Waals surface area (Å²) in [6, 6.07) is 6.80. The average molecular weight is 401 g/mol. The number of esters is 1. The zero-order valence-corrected chi connectivity index (χ0v) is 16.7. The Morgan fingerprint density at radius 3 is 2.89 bits per heavy atom. The summed E-state index contributed by atoms with van der Waals surface area (Å²) < 4.78 is 10.3. The molecule has 0 fully saturated rings. The van der Waals surface area contributed by atoms with Gasteiger partial charge in [-0.25, -0.2) is 15.0 Å². The van der Waals surface area contributed by atoms with Crippen LogP contribution in [0, 0.1) is 0 Å². The fraction of sp³-hybridized carbons (Fsp3) is 0.350. The third-order valence-corrected chi connectivity index (χ3v) is 5.56. The summed E-state index contributed by atoms with van der Waals surface area (Å²) in [7, 11) is 1.59. The molecule has 148 valence electrons. The van der Waals surface area contributed by atoms with E-state index in [0.29, 0.717) is 22.9 Å². The lowest BCUT2D eigenvalue weighted by Gasteiger charge is -2.12. The highest BCUT2D eigenvalue weighted by Crippen LogP contribution is 2.38. The lowest BCUT2D eigenvalue weighted by Crippen LogP contribution is -2.25. The summed E-state index contributed by atoms with van der Waals surface area (Å²) in [4.78, 5) is 25.8. The van der Waals surface area contributed by atoms with Gasteiger partial charge in [0, 0.05) is 4.88 Å². The van der Waals surface area contributed by atoms with Gasteiger partial charge in [0.2, 0.25) is 0 Å². The molecule has 1 aromatic heterocycles. The number of amides is 2. The SMILES string of the molecule is CCOC(=O)c1c(NC(=O)N/N=C\c2cccc(OC)c2)sc2c1CCCC2. The van der Waals surface area contributed by atoms with Crippen molar-refractivity contribution in [2.45, 2.75) is 32.6 Å². The number of nitrogens with zero attached hydrogens (tertiary/aromatic N) is 1. The molecular weight excluding hydrogens is 378 g/mol. The molecule has 0 atom stereocenters. The molecule has 28 heavy (non-hydrogen) atoms. The summed E-state index contributed by atoms with van der Waals surface area (Å²) in [5.41, 5.74) is 4.70. The average Bonchev–Trinajstić information content (AvgIpc) is 3.06. The number of hydrazone groups is 1. The van der Waals surface area contributed by atoms with Crippen LogP contribution in [-0.2, 0) is 17.6 Å². The molecule has 0 bridgehead atoms. The van der Waals surface area contributed by atoms with Crippen molar-refractivity contribution in [2.24, 2.45) is 5.10 Å². The van der Waals surface area contributed by atoms with E-state index >= 15 is 0 Å². The maximum Gasteiger partial charge on any atom is 0.341 e. The normalized spacial score (nSPS) is 13.1. The van der Waals surface area contributed by atoms with E-state index in [1.54, 1.807) is 20.1 Å². The molecular formula is C20H23N3O4S. The number of rotatable bonds is 6. The Hall–Kier alpha value is -2.87. The number of hydrogen-bond donors (Lipinski definition) is 2. The minimum Gasteiger partial charge on any atom is -0.497 e. The predicted octanol–water partition coefficient (Wildman–Crippen LogP) is 3.97. The molecule has 1 heterocycles. The van der Waals surface area contributed by atoms with Crippen LogP contribution in [0.4, 0.5) is 9.80 Å². The molecule has 0 saturated heterocycles. The third kappa shape index (κ3) is 4.69. The van der Waals surface area contributed by atoms with Crippen LogP contribution in [0.25, 0.3) is 0 Å². The van der Waals surface area contributed by atoms with E-state index in [2.05, 4.69) is 15.8 Å². The molecule has 0 spiro atoms. The minimum absolute atomic E-state index is 0.292. The molecule has 2 aromatic rings. The number of carbonyl (C=O) groups excluding carboxylic acids is 2. The number of methoxy groups -OCH3 is 1. The van der Waals surface area contributed by atoms with Gasteiger partial charge in [0.15, 0.2) is 0 Å². The van der Waals surface area contributed by atoms with Crippen molar-refractivity contribution < 1.29 is 19.1 Å². The zero-order chi connectivity index (χ0) is 19.9. The predicted molar refractivity (Wildman–Crippen MR) is 110 cm³/mol. The molecule has 0 saturated carbocycles. The van der Waals surface area contributed by atoms with E-state index in [9.17, 15) is 9.59 Å². The molecule has 3 rings (SSSR count). The highest BCUT2D eigenvalue weighted by molar-refractivity contribution is 7.17. The topological polar surface area (TPSA) is 89.0 Å². The Kier molecular flexibility index (Phi) is 6.65. The van der Waals surface area contributed by atoms with E-state index in [1.807, 2.05) is 18.2 Å². The quantitative estimate of drug-likeness (QED) is 0.435. The van der Waals surface area contributed by atoms with Crippen LogP contribution in [0.1, 0.15) is 46.1 Å². The van der Waals surface area contributed by atoms with Gasteiger partial charge in [-0.2, -0.15) is 5.10 Å². The smallest absolute Gasteiger partial charge is 0.341 e. The highest BCUT2D eigenvalue weighted by atomic mass is 32.1. The number of ether oxygens (including phenoxy) is 2. The Balaban J connectivity index is 1.70. The number of aryl methyl sites for hydroxylation is 1. The van der Waals surface area contributed by atoms with Crippen LogP contribution >= 0.6 is 11.3 Å². The Morgan fingerprint density at radius 2 is 2.11 bits per heavy atom. The third-order valence-electron chi connectivity index (χ3n) is 4.35. The molecule has 0 radical (unpaired) electrons. The number of nitrogens with one attached hydrogen (secondary N) is 2. The number of urea groups is 1. The first-order valence-electron chi connectivity index (χ1n) is 9.18. The van der Waals surface area contributed by atoms with Crippen molar-refractivity contribution in [3.8, 4) is 5.75 Å². The van der Waals surface area contributed by atoms with Gasteiger partial charge >= 0.3 is 12.0 Å². The van der Waals surface area contributed by atoms with Crippen molar-refractivity contribution >= 4 is 34.6 Å². The van der Waals surface area contributed by atoms with E-state index in [-0.39, 0.29) is 0 Å². The fourth-order valence-corrected chi connectivity index (χ4v) is 4.36. The van der Waals surface area contributed by atoms with Crippen LogP contribution in [0.5, 0.6) is 5.75 Å². The van der Waals surface area contributed by atoms with Crippen molar-refractivity contribution in [1.82, 2.24) is 5.43 Å². The molecule has 8 heteroatoms. The van der Waals surface area contributed by atoms with Gasteiger partial charge in [-0.15, -0.1) is 11.3 Å². The van der Waals surface area contributed by atoms with Gasteiger partial charge in [-0.1, -0.05) is 12.1 Å². The van der Waals surface area contributed by atoms with Crippen LogP contribution in [-0.4, -0.2) is 31.9 Å². The largest absolute Gasteiger partial charge is 0.497 e. The molecule has 7 nitrogen and oxygen atoms in total. The van der Waals surface area contributed by atoms with Crippen LogP contribution < -0.4 is 15.5 Å². The second-order valence-electron chi connectivity index (χ2n) is 6.24. The molecule has 0 aliphatic heterocycles. The van der Waals surface area contributed by atoms with Crippen molar-refractivity contribution in [3.63, 3.8) is 0 Å². The lowest BCUT2D eigenvalue weighted by atomic mass is 9.95. The second kappa shape index (κ2) is 9.36. The molecule has 2 N–H and O–H groups in total. The lowest BCUT2D eigenvalue weighted by molar-refractivity contribution is 0.0526. The number of anilines is 1. The number of benzene rings is 1. The Morgan fingerprint density at radius 1 is 1.29 bits per heavy atom. The van der Waals surface area contributed by atoms with E-state index in [4.69, 9.17) is 9.47 Å². The van der Waals surface area contributed by atoms with Gasteiger partial charge in [-0.05, 0) is 55.9 Å². The van der Waals surface area contributed by atoms with Gasteiger partial charge in [0.25, 0.3) is 0 Å². The summed E-state index contributed by atoms with van der Waals surface area (Å²) in [5, 5.41) is 7.21. The standard InChI is InChI=1S/C20H23N3O4S/c1-3-27-19(24)17-15-9-4-5-10-16(15)28-18(17)22-20(25)23-21-12-13-7-6-8-14(11-13)26-2/h6-8,11-12H,3-5,9-10H2,1-2H3,(H2,22,23,25)/b21-12-. The minimum atomic E-state index is -0.511. The molecule has 2 amide bonds. The fourth-order valence-electron chi connectivity index (χ4n) is 3.09. The highest BCUT2D eigenvalue weighted by Gasteiger charge is 2.27. The van der Waals surface area contributed by atoms with Gasteiger partial charge in [0.05, 0.1) is 25.5 Å². The number of fused-ring (bicyclic) bond motifs is 1. The summed E-state index contributed by atoms with van der Waals surface area (Å²) >= 11 is 1.44. The molecule has 1 aromatic carbocycles. The maximum atomic E-state index is 12.4. The maximum absolute atomic E-state index is 12.4. The number of hydrogen-bond acceptors (Lipinski definition) is 6. The van der Waals surface area contributed by atoms with Crippen molar-refractivity contribution in [3.05, 3.63) is 45.8 Å². The van der Waals surface area contributed by atoms with E-state index in [1.165, 1.54) is 17.6 Å².